The molecule has 1 fully saturated rings. The number of nitrogens with zero attached hydrogens (tertiary/aromatic N) is 1. The molecule has 0 radical (unpaired) electrons. The summed E-state index contributed by atoms with van der Waals surface area (Å²) in [6, 6.07) is 0. The first-order chi connectivity index (χ1) is 4.45. The van der Waals surface area contributed by atoms with Crippen molar-refractivity contribution in [1.29, 1.82) is 0 Å². The van der Waals surface area contributed by atoms with E-state index in [1.807, 2.05) is 13.8 Å². The van der Waals surface area contributed by atoms with E-state index in [2.05, 4.69) is 6.58 Å². The molecule has 1 unspecified atom stereocenters. The van der Waals surface area contributed by atoms with E-state index in [0.717, 1.165) is 5.06 Å². The molecule has 0 aromatic heterocycles. The maximum Gasteiger partial charge on any atom is 0.0977 e. The zero-order chi connectivity index (χ0) is 7.94. The highest BCUT2D eigenvalue weighted by Crippen LogP contribution is 2.32. The van der Waals surface area contributed by atoms with Gasteiger partial charge in [0.15, 0.2) is 0 Å². The molecule has 10 heavy (non-hydrogen) atoms. The fraction of sp³-hybridized carbons (Fsp3) is 0.714. The monoisotopic (exact) mass is 143 g/mol. The van der Waals surface area contributed by atoms with Gasteiger partial charge in [0, 0.05) is 6.42 Å². The molecule has 0 spiro atoms. The molecule has 1 aliphatic rings. The van der Waals surface area contributed by atoms with Gasteiger partial charge >= 0.3 is 0 Å². The molecule has 0 aromatic rings. The van der Waals surface area contributed by atoms with E-state index in [4.69, 9.17) is 0 Å². The Labute approximate surface area is 60.5 Å². The minimum atomic E-state index is -0.583. The van der Waals surface area contributed by atoms with E-state index in [-0.39, 0.29) is 5.54 Å². The number of aliphatic hydroxyl groups excluding tert-OH is 1. The lowest BCUT2D eigenvalue weighted by Gasteiger charge is -2.26. The van der Waals surface area contributed by atoms with Crippen molar-refractivity contribution in [1.82, 2.24) is 5.06 Å². The number of rotatable bonds is 0. The fourth-order valence-corrected chi connectivity index (χ4v) is 1.21. The minimum Gasteiger partial charge on any atom is -0.387 e. The van der Waals surface area contributed by atoms with Gasteiger partial charge in [0.2, 0.25) is 0 Å². The van der Waals surface area contributed by atoms with Crippen LogP contribution in [0.3, 0.4) is 0 Å². The zero-order valence-electron chi connectivity index (χ0n) is 6.33. The Morgan fingerprint density at radius 1 is 1.70 bits per heavy atom. The van der Waals surface area contributed by atoms with Gasteiger partial charge < -0.3 is 5.11 Å². The summed E-state index contributed by atoms with van der Waals surface area (Å²) >= 11 is 0. The summed E-state index contributed by atoms with van der Waals surface area (Å²) in [5.41, 5.74) is 0.0289. The first kappa shape index (κ1) is 7.57. The van der Waals surface area contributed by atoms with Crippen molar-refractivity contribution in [2.45, 2.75) is 31.9 Å². The second kappa shape index (κ2) is 1.97. The van der Waals surface area contributed by atoms with Crippen LogP contribution in [0.5, 0.6) is 0 Å². The summed E-state index contributed by atoms with van der Waals surface area (Å²) in [6.45, 7) is 7.25. The second-order valence-corrected chi connectivity index (χ2v) is 3.34. The molecule has 0 amide bonds. The van der Waals surface area contributed by atoms with E-state index in [1.54, 1.807) is 0 Å². The Bertz CT molecular complexity index is 165. The third kappa shape index (κ3) is 0.914. The van der Waals surface area contributed by atoms with Crippen LogP contribution in [0.2, 0.25) is 0 Å². The Hall–Kier alpha value is -0.540. The van der Waals surface area contributed by atoms with E-state index in [1.165, 1.54) is 0 Å². The molecule has 58 valence electrons. The second-order valence-electron chi connectivity index (χ2n) is 3.34. The van der Waals surface area contributed by atoms with Crippen LogP contribution in [0.4, 0.5) is 0 Å². The third-order valence-electron chi connectivity index (χ3n) is 1.92. The summed E-state index contributed by atoms with van der Waals surface area (Å²) in [6.07, 6.45) is -0.0394. The number of aliphatic hydroxyl groups is 1. The molecule has 1 aliphatic heterocycles. The molecule has 3 heteroatoms. The van der Waals surface area contributed by atoms with Gasteiger partial charge in [-0.2, -0.15) is 0 Å². The normalized spacial score (nSPS) is 31.4. The lowest BCUT2D eigenvalue weighted by molar-refractivity contribution is -0.110. The van der Waals surface area contributed by atoms with E-state index in [9.17, 15) is 10.3 Å². The maximum absolute atomic E-state index is 9.27. The van der Waals surface area contributed by atoms with Crippen LogP contribution in [-0.4, -0.2) is 27.0 Å². The molecule has 1 saturated heterocycles. The summed E-state index contributed by atoms with van der Waals surface area (Å²) < 4.78 is 0. The molecule has 0 bridgehead atoms. The van der Waals surface area contributed by atoms with Crippen molar-refractivity contribution in [3.63, 3.8) is 0 Å². The van der Waals surface area contributed by atoms with Gasteiger partial charge in [0.25, 0.3) is 0 Å². The van der Waals surface area contributed by atoms with Crippen LogP contribution in [0.25, 0.3) is 0 Å². The molecule has 0 saturated carbocycles. The molecule has 0 aromatic carbocycles. The molecular weight excluding hydrogens is 130 g/mol. The van der Waals surface area contributed by atoms with Crippen LogP contribution in [0.15, 0.2) is 12.3 Å². The Morgan fingerprint density at radius 2 is 2.20 bits per heavy atom. The van der Waals surface area contributed by atoms with Crippen molar-refractivity contribution in [2.24, 2.45) is 0 Å². The molecule has 2 N–H and O–H groups in total. The van der Waals surface area contributed by atoms with E-state index < -0.39 is 6.10 Å². The molecule has 0 aliphatic carbocycles. The quantitative estimate of drug-likeness (QED) is 0.525. The number of hydrogen-bond acceptors (Lipinski definition) is 3. The summed E-state index contributed by atoms with van der Waals surface area (Å²) in [5.74, 6) is 0. The number of hydrogen-bond donors (Lipinski definition) is 2. The summed E-state index contributed by atoms with van der Waals surface area (Å²) in [4.78, 5) is 0. The summed E-state index contributed by atoms with van der Waals surface area (Å²) in [5, 5.41) is 19.5. The largest absolute Gasteiger partial charge is 0.387 e. The van der Waals surface area contributed by atoms with Crippen LogP contribution < -0.4 is 0 Å². The van der Waals surface area contributed by atoms with Crippen LogP contribution >= 0.6 is 0 Å². The van der Waals surface area contributed by atoms with Crippen LogP contribution in [-0.2, 0) is 0 Å². The van der Waals surface area contributed by atoms with Gasteiger partial charge in [-0.15, -0.1) is 0 Å². The molecule has 1 heterocycles. The first-order valence-electron chi connectivity index (χ1n) is 3.31. The van der Waals surface area contributed by atoms with Crippen molar-refractivity contribution in [2.75, 3.05) is 0 Å². The number of hydroxylamine groups is 2. The predicted molar refractivity (Wildman–Crippen MR) is 37.5 cm³/mol. The van der Waals surface area contributed by atoms with Crippen molar-refractivity contribution in [3.8, 4) is 0 Å². The van der Waals surface area contributed by atoms with Gasteiger partial charge in [0.05, 0.1) is 17.3 Å². The van der Waals surface area contributed by atoms with Gasteiger partial charge in [-0.1, -0.05) is 6.58 Å². The van der Waals surface area contributed by atoms with E-state index in [0.29, 0.717) is 12.1 Å². The molecular formula is C7H13NO2. The highest BCUT2D eigenvalue weighted by molar-refractivity contribution is 5.11. The average molecular weight is 143 g/mol. The van der Waals surface area contributed by atoms with Gasteiger partial charge in [-0.3, -0.25) is 10.3 Å². The van der Waals surface area contributed by atoms with Crippen molar-refractivity contribution in [3.05, 3.63) is 12.3 Å². The predicted octanol–water partition coefficient (Wildman–Crippen LogP) is 0.734. The highest BCUT2D eigenvalue weighted by atomic mass is 16.5. The van der Waals surface area contributed by atoms with Gasteiger partial charge in [0.1, 0.15) is 0 Å². The van der Waals surface area contributed by atoms with Crippen LogP contribution in [0.1, 0.15) is 20.3 Å². The Balaban J connectivity index is 2.81. The molecule has 3 nitrogen and oxygen atoms in total. The van der Waals surface area contributed by atoms with Crippen molar-refractivity contribution < 1.29 is 10.3 Å². The molecule has 1 rings (SSSR count). The smallest absolute Gasteiger partial charge is 0.0977 e. The lowest BCUT2D eigenvalue weighted by atomic mass is 10.0. The van der Waals surface area contributed by atoms with E-state index >= 15 is 0 Å². The minimum absolute atomic E-state index is 0.365. The standard InChI is InChI=1S/C7H13NO2/c1-5-6(9)4-7(2,3)8(5)10/h6,9-10H,1,4H2,2-3H3. The van der Waals surface area contributed by atoms with Gasteiger partial charge in [-0.05, 0) is 13.8 Å². The Kier molecular flexibility index (Phi) is 1.49. The first-order valence-corrected chi connectivity index (χ1v) is 3.31. The molecule has 1 atom stereocenters. The zero-order valence-corrected chi connectivity index (χ0v) is 6.33. The fourth-order valence-electron chi connectivity index (χ4n) is 1.21. The summed E-state index contributed by atoms with van der Waals surface area (Å²) in [7, 11) is 0. The highest BCUT2D eigenvalue weighted by Gasteiger charge is 2.39. The van der Waals surface area contributed by atoms with Crippen molar-refractivity contribution >= 4 is 0 Å². The average Bonchev–Trinajstić information content (AvgIpc) is 1.95. The SMILES string of the molecule is C=C1C(O)CC(C)(C)N1O. The van der Waals surface area contributed by atoms with Gasteiger partial charge in [-0.25, -0.2) is 0 Å². The third-order valence-corrected chi connectivity index (χ3v) is 1.92. The lowest BCUT2D eigenvalue weighted by Crippen LogP contribution is -2.33. The topological polar surface area (TPSA) is 43.7 Å². The van der Waals surface area contributed by atoms with Crippen LogP contribution in [0, 0.1) is 0 Å². The Morgan fingerprint density at radius 3 is 2.30 bits per heavy atom. The maximum atomic E-state index is 9.27.